The molecule has 0 bridgehead atoms. The van der Waals surface area contributed by atoms with Gasteiger partial charge in [-0.2, -0.15) is 0 Å². The molecule has 1 aromatic rings. The van der Waals surface area contributed by atoms with Crippen LogP contribution in [0.2, 0.25) is 0 Å². The van der Waals surface area contributed by atoms with E-state index in [1.165, 1.54) is 6.54 Å². The van der Waals surface area contributed by atoms with E-state index in [9.17, 15) is 0 Å². The van der Waals surface area contributed by atoms with E-state index in [1.54, 1.807) is 0 Å². The van der Waals surface area contributed by atoms with E-state index in [0.29, 0.717) is 5.88 Å². The second-order valence-electron chi connectivity index (χ2n) is 5.73. The van der Waals surface area contributed by atoms with Gasteiger partial charge in [-0.1, -0.05) is 19.9 Å². The molecule has 19 heavy (non-hydrogen) atoms. The fraction of sp³-hybridized carbons (Fsp3) is 0.667. The molecule has 2 heterocycles. The van der Waals surface area contributed by atoms with Gasteiger partial charge < -0.3 is 4.90 Å². The highest BCUT2D eigenvalue weighted by atomic mass is 35.5. The number of pyridine rings is 1. The van der Waals surface area contributed by atoms with E-state index >= 15 is 0 Å². The maximum atomic E-state index is 5.88. The minimum atomic E-state index is 0.543. The van der Waals surface area contributed by atoms with Crippen LogP contribution in [0, 0.1) is 12.8 Å². The summed E-state index contributed by atoms with van der Waals surface area (Å²) in [6.07, 6.45) is 0. The van der Waals surface area contributed by atoms with Gasteiger partial charge in [-0.3, -0.25) is 4.90 Å². The van der Waals surface area contributed by atoms with Gasteiger partial charge in [0, 0.05) is 44.3 Å². The molecular formula is C15H24ClN3. The van der Waals surface area contributed by atoms with E-state index in [4.69, 9.17) is 11.6 Å². The van der Waals surface area contributed by atoms with Crippen LogP contribution in [0.5, 0.6) is 0 Å². The van der Waals surface area contributed by atoms with Gasteiger partial charge in [0.2, 0.25) is 0 Å². The fourth-order valence-electron chi connectivity index (χ4n) is 2.57. The van der Waals surface area contributed by atoms with E-state index in [-0.39, 0.29) is 0 Å². The predicted molar refractivity (Wildman–Crippen MR) is 82.0 cm³/mol. The van der Waals surface area contributed by atoms with Crippen LogP contribution in [0.25, 0.3) is 0 Å². The average molecular weight is 282 g/mol. The molecule has 0 aliphatic carbocycles. The Morgan fingerprint density at radius 2 is 1.89 bits per heavy atom. The number of aryl methyl sites for hydroxylation is 1. The Balaban J connectivity index is 1.96. The van der Waals surface area contributed by atoms with Gasteiger partial charge >= 0.3 is 0 Å². The minimum absolute atomic E-state index is 0.543. The molecule has 0 amide bonds. The standard InChI is InChI=1S/C15H24ClN3/c1-12(2)11-18-6-8-19(9-7-18)15-5-4-14(10-16)13(3)17-15/h4-5,12H,6-11H2,1-3H3. The SMILES string of the molecule is Cc1nc(N2CCN(CC(C)C)CC2)ccc1CCl. The molecule has 0 spiro atoms. The number of piperazine rings is 1. The molecular weight excluding hydrogens is 258 g/mol. The number of aromatic nitrogens is 1. The van der Waals surface area contributed by atoms with Crippen molar-refractivity contribution in [3.8, 4) is 0 Å². The third-order valence-electron chi connectivity index (χ3n) is 3.64. The second-order valence-corrected chi connectivity index (χ2v) is 6.00. The third-order valence-corrected chi connectivity index (χ3v) is 3.93. The summed E-state index contributed by atoms with van der Waals surface area (Å²) < 4.78 is 0. The molecule has 1 fully saturated rings. The Hall–Kier alpha value is -0.800. The fourth-order valence-corrected chi connectivity index (χ4v) is 2.85. The van der Waals surface area contributed by atoms with Crippen molar-refractivity contribution >= 4 is 17.4 Å². The Morgan fingerprint density at radius 1 is 1.21 bits per heavy atom. The largest absolute Gasteiger partial charge is 0.354 e. The summed E-state index contributed by atoms with van der Waals surface area (Å²) in [6, 6.07) is 4.20. The summed E-state index contributed by atoms with van der Waals surface area (Å²) in [4.78, 5) is 9.60. The molecule has 1 aliphatic rings. The van der Waals surface area contributed by atoms with Crippen LogP contribution in [0.3, 0.4) is 0 Å². The molecule has 2 rings (SSSR count). The van der Waals surface area contributed by atoms with Gasteiger partial charge in [0.15, 0.2) is 0 Å². The van der Waals surface area contributed by atoms with Crippen molar-refractivity contribution < 1.29 is 0 Å². The van der Waals surface area contributed by atoms with Gasteiger partial charge in [-0.15, -0.1) is 11.6 Å². The number of hydrogen-bond donors (Lipinski definition) is 0. The van der Waals surface area contributed by atoms with Crippen molar-refractivity contribution in [2.75, 3.05) is 37.6 Å². The first kappa shape index (κ1) is 14.6. The number of halogens is 1. The smallest absolute Gasteiger partial charge is 0.128 e. The van der Waals surface area contributed by atoms with Crippen molar-refractivity contribution in [2.45, 2.75) is 26.7 Å². The van der Waals surface area contributed by atoms with Crippen molar-refractivity contribution in [2.24, 2.45) is 5.92 Å². The molecule has 3 nitrogen and oxygen atoms in total. The van der Waals surface area contributed by atoms with Crippen molar-refractivity contribution in [1.29, 1.82) is 0 Å². The maximum absolute atomic E-state index is 5.88. The molecule has 0 unspecified atom stereocenters. The van der Waals surface area contributed by atoms with E-state index in [1.807, 2.05) is 6.92 Å². The van der Waals surface area contributed by atoms with Gasteiger partial charge in [0.1, 0.15) is 5.82 Å². The molecule has 1 saturated heterocycles. The Bertz CT molecular complexity index is 412. The Kier molecular flexibility index (Phi) is 5.06. The van der Waals surface area contributed by atoms with Crippen LogP contribution in [-0.4, -0.2) is 42.6 Å². The first-order valence-corrected chi connectivity index (χ1v) is 7.63. The molecule has 0 aromatic carbocycles. The molecule has 1 aliphatic heterocycles. The van der Waals surface area contributed by atoms with Gasteiger partial charge in [-0.25, -0.2) is 4.98 Å². The lowest BCUT2D eigenvalue weighted by Crippen LogP contribution is -2.47. The molecule has 0 saturated carbocycles. The lowest BCUT2D eigenvalue weighted by molar-refractivity contribution is 0.231. The predicted octanol–water partition coefficient (Wildman–Crippen LogP) is 2.91. The van der Waals surface area contributed by atoms with Gasteiger partial charge in [-0.05, 0) is 24.5 Å². The summed E-state index contributed by atoms with van der Waals surface area (Å²) in [6.45, 7) is 12.2. The van der Waals surface area contributed by atoms with Gasteiger partial charge in [0.05, 0.1) is 0 Å². The zero-order valence-electron chi connectivity index (χ0n) is 12.2. The zero-order valence-corrected chi connectivity index (χ0v) is 13.0. The molecule has 0 N–H and O–H groups in total. The number of hydrogen-bond acceptors (Lipinski definition) is 3. The highest BCUT2D eigenvalue weighted by molar-refractivity contribution is 6.17. The highest BCUT2D eigenvalue weighted by Gasteiger charge is 2.18. The number of anilines is 1. The maximum Gasteiger partial charge on any atom is 0.128 e. The lowest BCUT2D eigenvalue weighted by Gasteiger charge is -2.36. The van der Waals surface area contributed by atoms with Crippen LogP contribution >= 0.6 is 11.6 Å². The van der Waals surface area contributed by atoms with Crippen LogP contribution in [0.4, 0.5) is 5.82 Å². The first-order chi connectivity index (χ1) is 9.10. The minimum Gasteiger partial charge on any atom is -0.354 e. The Morgan fingerprint density at radius 3 is 2.42 bits per heavy atom. The van der Waals surface area contributed by atoms with Crippen molar-refractivity contribution in [3.05, 3.63) is 23.4 Å². The van der Waals surface area contributed by atoms with Crippen molar-refractivity contribution in [1.82, 2.24) is 9.88 Å². The molecule has 0 atom stereocenters. The third kappa shape index (κ3) is 3.83. The summed E-state index contributed by atoms with van der Waals surface area (Å²) >= 11 is 5.88. The molecule has 4 heteroatoms. The van der Waals surface area contributed by atoms with Crippen LogP contribution < -0.4 is 4.90 Å². The number of rotatable bonds is 4. The van der Waals surface area contributed by atoms with Crippen LogP contribution in [-0.2, 0) is 5.88 Å². The quantitative estimate of drug-likeness (QED) is 0.791. The average Bonchev–Trinajstić information content (AvgIpc) is 2.39. The van der Waals surface area contributed by atoms with E-state index < -0.39 is 0 Å². The van der Waals surface area contributed by atoms with Crippen LogP contribution in [0.1, 0.15) is 25.1 Å². The first-order valence-electron chi connectivity index (χ1n) is 7.10. The zero-order chi connectivity index (χ0) is 13.8. The van der Waals surface area contributed by atoms with Crippen LogP contribution in [0.15, 0.2) is 12.1 Å². The van der Waals surface area contributed by atoms with E-state index in [0.717, 1.165) is 49.2 Å². The topological polar surface area (TPSA) is 19.4 Å². The van der Waals surface area contributed by atoms with E-state index in [2.05, 4.69) is 40.8 Å². The van der Waals surface area contributed by atoms with Gasteiger partial charge in [0.25, 0.3) is 0 Å². The normalized spacial score (nSPS) is 17.2. The second kappa shape index (κ2) is 6.58. The van der Waals surface area contributed by atoms with Crippen molar-refractivity contribution in [3.63, 3.8) is 0 Å². The lowest BCUT2D eigenvalue weighted by atomic mass is 10.2. The number of alkyl halides is 1. The molecule has 1 aromatic heterocycles. The highest BCUT2D eigenvalue weighted by Crippen LogP contribution is 2.18. The summed E-state index contributed by atoms with van der Waals surface area (Å²) in [7, 11) is 0. The summed E-state index contributed by atoms with van der Waals surface area (Å²) in [5.41, 5.74) is 2.18. The molecule has 0 radical (unpaired) electrons. The Labute approximate surface area is 121 Å². The summed E-state index contributed by atoms with van der Waals surface area (Å²) in [5, 5.41) is 0. The summed E-state index contributed by atoms with van der Waals surface area (Å²) in [5.74, 6) is 2.38. The monoisotopic (exact) mass is 281 g/mol. The number of nitrogens with zero attached hydrogens (tertiary/aromatic N) is 3. The molecule has 106 valence electrons.